The monoisotopic (exact) mass is 439 g/mol. The van der Waals surface area contributed by atoms with Crippen molar-refractivity contribution in [2.45, 2.75) is 32.4 Å². The standard InChI is InChI=1S/C21H24ClF2N3O3/c1-29-18-8-5-14(11-19(18)30-20(23)24)13-25-21(28)26-15-6-7-17(16(22)12-15)27-9-3-2-4-10-27/h5-8,11-12,20H,2-4,9-10,13H2,1H3,(H2,25,26,28). The van der Waals surface area contributed by atoms with Gasteiger partial charge in [-0.05, 0) is 55.2 Å². The van der Waals surface area contributed by atoms with Crippen LogP contribution in [0.25, 0.3) is 0 Å². The number of alkyl halides is 2. The summed E-state index contributed by atoms with van der Waals surface area (Å²) in [7, 11) is 1.36. The Hall–Kier alpha value is -2.74. The van der Waals surface area contributed by atoms with Crippen LogP contribution in [-0.4, -0.2) is 32.8 Å². The number of halogens is 3. The average molecular weight is 440 g/mol. The summed E-state index contributed by atoms with van der Waals surface area (Å²) >= 11 is 6.41. The fourth-order valence-electron chi connectivity index (χ4n) is 3.35. The molecule has 0 saturated carbocycles. The average Bonchev–Trinajstić information content (AvgIpc) is 2.73. The fraction of sp³-hybridized carbons (Fsp3) is 0.381. The molecule has 3 rings (SSSR count). The number of hydrogen-bond donors (Lipinski definition) is 2. The Kier molecular flexibility index (Phi) is 7.57. The van der Waals surface area contributed by atoms with E-state index in [1.165, 1.54) is 25.7 Å². The van der Waals surface area contributed by atoms with E-state index in [1.54, 1.807) is 18.2 Å². The summed E-state index contributed by atoms with van der Waals surface area (Å²) in [5.74, 6) is 0.0965. The predicted molar refractivity (Wildman–Crippen MR) is 113 cm³/mol. The second-order valence-electron chi connectivity index (χ2n) is 6.89. The number of ether oxygens (including phenoxy) is 2. The quantitative estimate of drug-likeness (QED) is 0.617. The summed E-state index contributed by atoms with van der Waals surface area (Å²) in [6.07, 6.45) is 3.53. The molecule has 2 amide bonds. The molecule has 30 heavy (non-hydrogen) atoms. The Morgan fingerprint density at radius 2 is 1.90 bits per heavy atom. The third kappa shape index (κ3) is 5.89. The molecule has 0 aromatic heterocycles. The maximum atomic E-state index is 12.5. The molecule has 1 aliphatic rings. The van der Waals surface area contributed by atoms with Gasteiger partial charge in [-0.2, -0.15) is 8.78 Å². The van der Waals surface area contributed by atoms with Crippen LogP contribution in [0.5, 0.6) is 11.5 Å². The summed E-state index contributed by atoms with van der Waals surface area (Å²) in [6.45, 7) is -0.893. The summed E-state index contributed by atoms with van der Waals surface area (Å²) in [5, 5.41) is 5.98. The number of nitrogens with zero attached hydrogens (tertiary/aromatic N) is 1. The van der Waals surface area contributed by atoms with Crippen LogP contribution in [0.3, 0.4) is 0 Å². The van der Waals surface area contributed by atoms with Gasteiger partial charge in [0.1, 0.15) is 0 Å². The first kappa shape index (κ1) is 22.0. The topological polar surface area (TPSA) is 62.8 Å². The number of carbonyl (C=O) groups excluding carboxylic acids is 1. The second-order valence-corrected chi connectivity index (χ2v) is 7.29. The predicted octanol–water partition coefficient (Wildman–Crippen LogP) is 5.26. The lowest BCUT2D eigenvalue weighted by molar-refractivity contribution is -0.0512. The Labute approximate surface area is 179 Å². The zero-order valence-electron chi connectivity index (χ0n) is 16.6. The minimum absolute atomic E-state index is 0.0905. The van der Waals surface area contributed by atoms with E-state index < -0.39 is 12.6 Å². The number of rotatable bonds is 7. The summed E-state index contributed by atoms with van der Waals surface area (Å²) < 4.78 is 34.5. The molecule has 2 N–H and O–H groups in total. The number of piperidine rings is 1. The van der Waals surface area contributed by atoms with E-state index in [0.717, 1.165) is 31.6 Å². The van der Waals surface area contributed by atoms with Crippen LogP contribution in [-0.2, 0) is 6.54 Å². The highest BCUT2D eigenvalue weighted by molar-refractivity contribution is 6.33. The van der Waals surface area contributed by atoms with Gasteiger partial charge in [0, 0.05) is 25.3 Å². The van der Waals surface area contributed by atoms with E-state index >= 15 is 0 Å². The van der Waals surface area contributed by atoms with E-state index in [9.17, 15) is 13.6 Å². The van der Waals surface area contributed by atoms with Crippen molar-refractivity contribution in [1.29, 1.82) is 0 Å². The molecule has 9 heteroatoms. The summed E-state index contributed by atoms with van der Waals surface area (Å²) in [6, 6.07) is 9.54. The van der Waals surface area contributed by atoms with E-state index in [2.05, 4.69) is 20.3 Å². The van der Waals surface area contributed by atoms with Gasteiger partial charge in [0.2, 0.25) is 0 Å². The molecule has 162 valence electrons. The third-order valence-electron chi connectivity index (χ3n) is 4.80. The normalized spacial score (nSPS) is 13.8. The molecule has 0 atom stereocenters. The molecule has 6 nitrogen and oxygen atoms in total. The largest absolute Gasteiger partial charge is 0.493 e. The first-order valence-electron chi connectivity index (χ1n) is 9.67. The lowest BCUT2D eigenvalue weighted by atomic mass is 10.1. The first-order valence-corrected chi connectivity index (χ1v) is 10.0. The van der Waals surface area contributed by atoms with Crippen molar-refractivity contribution in [2.75, 3.05) is 30.4 Å². The van der Waals surface area contributed by atoms with Crippen LogP contribution in [0.1, 0.15) is 24.8 Å². The second kappa shape index (κ2) is 10.3. The highest BCUT2D eigenvalue weighted by Gasteiger charge is 2.15. The number of amides is 2. The van der Waals surface area contributed by atoms with Crippen molar-refractivity contribution >= 4 is 29.0 Å². The van der Waals surface area contributed by atoms with Gasteiger partial charge >= 0.3 is 12.6 Å². The number of benzene rings is 2. The molecular weight excluding hydrogens is 416 g/mol. The van der Waals surface area contributed by atoms with Crippen LogP contribution in [0, 0.1) is 0 Å². The number of carbonyl (C=O) groups is 1. The fourth-order valence-corrected chi connectivity index (χ4v) is 3.65. The van der Waals surface area contributed by atoms with Crippen LogP contribution >= 0.6 is 11.6 Å². The van der Waals surface area contributed by atoms with Crippen molar-refractivity contribution in [3.05, 3.63) is 47.0 Å². The minimum atomic E-state index is -2.97. The molecule has 2 aromatic rings. The van der Waals surface area contributed by atoms with Gasteiger partial charge in [-0.15, -0.1) is 0 Å². The van der Waals surface area contributed by atoms with Crippen molar-refractivity contribution in [2.24, 2.45) is 0 Å². The van der Waals surface area contributed by atoms with Crippen LogP contribution in [0.15, 0.2) is 36.4 Å². The molecule has 0 bridgehead atoms. The van der Waals surface area contributed by atoms with E-state index in [1.807, 2.05) is 6.07 Å². The SMILES string of the molecule is COc1ccc(CNC(=O)Nc2ccc(N3CCCCC3)c(Cl)c2)cc1OC(F)F. The smallest absolute Gasteiger partial charge is 0.387 e. The summed E-state index contributed by atoms with van der Waals surface area (Å²) in [5.41, 5.74) is 2.11. The molecule has 0 radical (unpaired) electrons. The summed E-state index contributed by atoms with van der Waals surface area (Å²) in [4.78, 5) is 14.5. The molecule has 0 aliphatic carbocycles. The van der Waals surface area contributed by atoms with Gasteiger partial charge in [-0.25, -0.2) is 4.79 Å². The molecule has 2 aromatic carbocycles. The lowest BCUT2D eigenvalue weighted by Gasteiger charge is -2.29. The number of anilines is 2. The van der Waals surface area contributed by atoms with Gasteiger partial charge in [-0.3, -0.25) is 0 Å². The highest BCUT2D eigenvalue weighted by Crippen LogP contribution is 2.31. The highest BCUT2D eigenvalue weighted by atomic mass is 35.5. The van der Waals surface area contributed by atoms with Crippen LogP contribution in [0.4, 0.5) is 25.0 Å². The van der Waals surface area contributed by atoms with Crippen molar-refractivity contribution < 1.29 is 23.0 Å². The molecule has 1 saturated heterocycles. The number of nitrogens with one attached hydrogen (secondary N) is 2. The Balaban J connectivity index is 1.57. The van der Waals surface area contributed by atoms with Gasteiger partial charge in [0.15, 0.2) is 11.5 Å². The van der Waals surface area contributed by atoms with E-state index in [4.69, 9.17) is 16.3 Å². The maximum absolute atomic E-state index is 12.5. The van der Waals surface area contributed by atoms with Crippen molar-refractivity contribution in [3.8, 4) is 11.5 Å². The molecular formula is C21H24ClF2N3O3. The van der Waals surface area contributed by atoms with Gasteiger partial charge in [0.05, 0.1) is 17.8 Å². The van der Waals surface area contributed by atoms with Gasteiger partial charge in [0.25, 0.3) is 0 Å². The number of methoxy groups -OCH3 is 1. The Bertz CT molecular complexity index is 877. The first-order chi connectivity index (χ1) is 14.5. The molecule has 1 aliphatic heterocycles. The number of hydrogen-bond acceptors (Lipinski definition) is 4. The minimum Gasteiger partial charge on any atom is -0.493 e. The number of urea groups is 1. The maximum Gasteiger partial charge on any atom is 0.387 e. The van der Waals surface area contributed by atoms with E-state index in [0.29, 0.717) is 16.3 Å². The molecule has 1 fully saturated rings. The molecule has 0 unspecified atom stereocenters. The van der Waals surface area contributed by atoms with Crippen LogP contribution in [0.2, 0.25) is 5.02 Å². The van der Waals surface area contributed by atoms with Crippen LogP contribution < -0.4 is 25.0 Å². The third-order valence-corrected chi connectivity index (χ3v) is 5.10. The molecule has 0 spiro atoms. The zero-order valence-corrected chi connectivity index (χ0v) is 17.3. The Morgan fingerprint density at radius 3 is 2.57 bits per heavy atom. The van der Waals surface area contributed by atoms with Gasteiger partial charge in [-0.1, -0.05) is 17.7 Å². The lowest BCUT2D eigenvalue weighted by Crippen LogP contribution is -2.30. The Morgan fingerprint density at radius 1 is 1.13 bits per heavy atom. The van der Waals surface area contributed by atoms with E-state index in [-0.39, 0.29) is 18.0 Å². The molecule has 1 heterocycles. The van der Waals surface area contributed by atoms with Gasteiger partial charge < -0.3 is 25.0 Å². The van der Waals surface area contributed by atoms with Crippen molar-refractivity contribution in [1.82, 2.24) is 5.32 Å². The van der Waals surface area contributed by atoms with Crippen molar-refractivity contribution in [3.63, 3.8) is 0 Å². The zero-order chi connectivity index (χ0) is 21.5.